The van der Waals surface area contributed by atoms with Crippen molar-refractivity contribution < 1.29 is 4.42 Å². The van der Waals surface area contributed by atoms with Crippen LogP contribution in [0.15, 0.2) is 10.6 Å². The second kappa shape index (κ2) is 4.79. The molecule has 2 heterocycles. The average Bonchev–Trinajstić information content (AvgIpc) is 2.67. The Bertz CT molecular complexity index is 300. The number of aromatic nitrogens is 1. The molecule has 1 unspecified atom stereocenters. The lowest BCUT2D eigenvalue weighted by Gasteiger charge is -2.19. The Balaban J connectivity index is 1.99. The van der Waals surface area contributed by atoms with Crippen molar-refractivity contribution in [2.24, 2.45) is 5.92 Å². The number of rotatable bonds is 3. The molecule has 84 valence electrons. The molecule has 3 nitrogen and oxygen atoms in total. The minimum absolute atomic E-state index is 0.486. The predicted molar refractivity (Wildman–Crippen MR) is 59.9 cm³/mol. The van der Waals surface area contributed by atoms with Gasteiger partial charge in [-0.15, -0.1) is 0 Å². The Morgan fingerprint density at radius 1 is 1.60 bits per heavy atom. The molecular formula is C12H20N2O. The lowest BCUT2D eigenvalue weighted by molar-refractivity contribution is 0.357. The number of hydrogen-bond donors (Lipinski definition) is 1. The maximum atomic E-state index is 5.78. The van der Waals surface area contributed by atoms with Crippen molar-refractivity contribution in [3.63, 3.8) is 0 Å². The van der Waals surface area contributed by atoms with E-state index in [1.54, 1.807) is 0 Å². The fourth-order valence-corrected chi connectivity index (χ4v) is 2.07. The highest BCUT2D eigenvalue weighted by atomic mass is 16.4. The van der Waals surface area contributed by atoms with Crippen molar-refractivity contribution in [3.8, 4) is 0 Å². The molecular weight excluding hydrogens is 188 g/mol. The van der Waals surface area contributed by atoms with Gasteiger partial charge in [0.1, 0.15) is 5.76 Å². The smallest absolute Gasteiger partial charge is 0.198 e. The summed E-state index contributed by atoms with van der Waals surface area (Å²) in [7, 11) is 0. The molecule has 1 aromatic heterocycles. The van der Waals surface area contributed by atoms with Gasteiger partial charge in [0.15, 0.2) is 5.89 Å². The van der Waals surface area contributed by atoms with Crippen LogP contribution in [0.4, 0.5) is 0 Å². The zero-order valence-corrected chi connectivity index (χ0v) is 9.62. The van der Waals surface area contributed by atoms with Gasteiger partial charge in [-0.25, -0.2) is 4.98 Å². The van der Waals surface area contributed by atoms with Gasteiger partial charge in [-0.3, -0.25) is 0 Å². The summed E-state index contributed by atoms with van der Waals surface area (Å²) in [6, 6.07) is 0. The van der Waals surface area contributed by atoms with Gasteiger partial charge in [0.2, 0.25) is 0 Å². The first-order valence-electron chi connectivity index (χ1n) is 5.91. The van der Waals surface area contributed by atoms with E-state index in [0.717, 1.165) is 31.2 Å². The van der Waals surface area contributed by atoms with Crippen LogP contribution >= 0.6 is 0 Å². The summed E-state index contributed by atoms with van der Waals surface area (Å²) in [5.41, 5.74) is 0. The molecule has 0 bridgehead atoms. The summed E-state index contributed by atoms with van der Waals surface area (Å²) < 4.78 is 5.78. The van der Waals surface area contributed by atoms with Crippen LogP contribution in [-0.2, 0) is 6.42 Å². The van der Waals surface area contributed by atoms with Gasteiger partial charge < -0.3 is 9.73 Å². The topological polar surface area (TPSA) is 38.1 Å². The van der Waals surface area contributed by atoms with E-state index in [0.29, 0.717) is 11.8 Å². The normalized spacial score (nSPS) is 22.2. The summed E-state index contributed by atoms with van der Waals surface area (Å²) in [6.07, 6.45) is 5.32. The van der Waals surface area contributed by atoms with Crippen molar-refractivity contribution in [3.05, 3.63) is 17.8 Å². The van der Waals surface area contributed by atoms with Crippen LogP contribution in [-0.4, -0.2) is 18.1 Å². The SMILES string of the molecule is CC(C)Cc1cnc(C2CCCNC2)o1. The number of nitrogens with one attached hydrogen (secondary N) is 1. The summed E-state index contributed by atoms with van der Waals surface area (Å²) in [4.78, 5) is 4.39. The van der Waals surface area contributed by atoms with Crippen LogP contribution in [0.3, 0.4) is 0 Å². The second-order valence-corrected chi connectivity index (χ2v) is 4.81. The summed E-state index contributed by atoms with van der Waals surface area (Å²) in [6.45, 7) is 6.55. The second-order valence-electron chi connectivity index (χ2n) is 4.81. The van der Waals surface area contributed by atoms with Gasteiger partial charge in [0, 0.05) is 18.9 Å². The molecule has 0 saturated carbocycles. The van der Waals surface area contributed by atoms with E-state index in [-0.39, 0.29) is 0 Å². The molecule has 1 saturated heterocycles. The van der Waals surface area contributed by atoms with Crippen LogP contribution in [0.1, 0.15) is 44.3 Å². The maximum Gasteiger partial charge on any atom is 0.198 e. The minimum Gasteiger partial charge on any atom is -0.445 e. The summed E-state index contributed by atoms with van der Waals surface area (Å²) >= 11 is 0. The fourth-order valence-electron chi connectivity index (χ4n) is 2.07. The number of nitrogens with zero attached hydrogens (tertiary/aromatic N) is 1. The van der Waals surface area contributed by atoms with Crippen molar-refractivity contribution in [1.29, 1.82) is 0 Å². The molecule has 1 fully saturated rings. The van der Waals surface area contributed by atoms with Gasteiger partial charge in [0.25, 0.3) is 0 Å². The van der Waals surface area contributed by atoms with Crippen LogP contribution in [0.2, 0.25) is 0 Å². The zero-order chi connectivity index (χ0) is 10.7. The summed E-state index contributed by atoms with van der Waals surface area (Å²) in [5, 5.41) is 3.38. The van der Waals surface area contributed by atoms with E-state index in [9.17, 15) is 0 Å². The summed E-state index contributed by atoms with van der Waals surface area (Å²) in [5.74, 6) is 3.08. The van der Waals surface area contributed by atoms with Gasteiger partial charge >= 0.3 is 0 Å². The maximum absolute atomic E-state index is 5.78. The fraction of sp³-hybridized carbons (Fsp3) is 0.750. The predicted octanol–water partition coefficient (Wildman–Crippen LogP) is 2.34. The highest BCUT2D eigenvalue weighted by molar-refractivity contribution is 5.01. The lowest BCUT2D eigenvalue weighted by Crippen LogP contribution is -2.28. The molecule has 1 N–H and O–H groups in total. The Kier molecular flexibility index (Phi) is 3.41. The third kappa shape index (κ3) is 2.81. The Labute approximate surface area is 91.3 Å². The molecule has 1 aliphatic rings. The Hall–Kier alpha value is -0.830. The van der Waals surface area contributed by atoms with Gasteiger partial charge in [-0.2, -0.15) is 0 Å². The third-order valence-corrected chi connectivity index (χ3v) is 2.83. The highest BCUT2D eigenvalue weighted by Gasteiger charge is 2.20. The molecule has 15 heavy (non-hydrogen) atoms. The Morgan fingerprint density at radius 2 is 2.47 bits per heavy atom. The Morgan fingerprint density at radius 3 is 3.13 bits per heavy atom. The van der Waals surface area contributed by atoms with Crippen molar-refractivity contribution >= 4 is 0 Å². The largest absolute Gasteiger partial charge is 0.445 e. The van der Waals surface area contributed by atoms with Gasteiger partial charge in [0.05, 0.1) is 6.20 Å². The van der Waals surface area contributed by atoms with Crippen molar-refractivity contribution in [2.75, 3.05) is 13.1 Å². The van der Waals surface area contributed by atoms with E-state index in [1.807, 2.05) is 6.20 Å². The molecule has 1 aromatic rings. The van der Waals surface area contributed by atoms with E-state index in [2.05, 4.69) is 24.1 Å². The van der Waals surface area contributed by atoms with Crippen LogP contribution in [0, 0.1) is 5.92 Å². The molecule has 3 heteroatoms. The van der Waals surface area contributed by atoms with E-state index in [1.165, 1.54) is 12.8 Å². The molecule has 0 aromatic carbocycles. The van der Waals surface area contributed by atoms with Gasteiger partial charge in [-0.05, 0) is 25.3 Å². The molecule has 1 atom stereocenters. The first-order valence-corrected chi connectivity index (χ1v) is 5.91. The quantitative estimate of drug-likeness (QED) is 0.828. The first-order chi connectivity index (χ1) is 7.25. The van der Waals surface area contributed by atoms with Crippen molar-refractivity contribution in [1.82, 2.24) is 10.3 Å². The third-order valence-electron chi connectivity index (χ3n) is 2.83. The van der Waals surface area contributed by atoms with E-state index in [4.69, 9.17) is 4.42 Å². The monoisotopic (exact) mass is 208 g/mol. The highest BCUT2D eigenvalue weighted by Crippen LogP contribution is 2.23. The average molecular weight is 208 g/mol. The van der Waals surface area contributed by atoms with Crippen LogP contribution in [0.25, 0.3) is 0 Å². The molecule has 2 rings (SSSR count). The van der Waals surface area contributed by atoms with E-state index >= 15 is 0 Å². The zero-order valence-electron chi connectivity index (χ0n) is 9.62. The lowest BCUT2D eigenvalue weighted by atomic mass is 10.00. The molecule has 1 aliphatic heterocycles. The molecule has 0 amide bonds. The van der Waals surface area contributed by atoms with E-state index < -0.39 is 0 Å². The molecule has 0 radical (unpaired) electrons. The molecule has 0 spiro atoms. The standard InChI is InChI=1S/C12H20N2O/c1-9(2)6-11-8-14-12(15-11)10-4-3-5-13-7-10/h8-10,13H,3-7H2,1-2H3. The first kappa shape index (κ1) is 10.7. The van der Waals surface area contributed by atoms with Crippen molar-refractivity contribution in [2.45, 2.75) is 39.0 Å². The van der Waals surface area contributed by atoms with Gasteiger partial charge in [-0.1, -0.05) is 13.8 Å². The number of piperidine rings is 1. The number of oxazole rings is 1. The molecule has 0 aliphatic carbocycles. The minimum atomic E-state index is 0.486. The number of hydrogen-bond acceptors (Lipinski definition) is 3. The van der Waals surface area contributed by atoms with Crippen LogP contribution < -0.4 is 5.32 Å². The van der Waals surface area contributed by atoms with Crippen LogP contribution in [0.5, 0.6) is 0 Å².